The molecule has 7 aliphatic carbocycles. The van der Waals surface area contributed by atoms with E-state index < -0.39 is 17.7 Å². The first kappa shape index (κ1) is 31.5. The van der Waals surface area contributed by atoms with Crippen molar-refractivity contribution < 1.29 is 13.2 Å². The third kappa shape index (κ3) is 3.94. The van der Waals surface area contributed by atoms with Gasteiger partial charge in [0.2, 0.25) is 0 Å². The molecule has 0 aliphatic heterocycles. The highest BCUT2D eigenvalue weighted by atomic mass is 19.4. The minimum absolute atomic E-state index is 0.186. The molecule has 3 heteroatoms. The maximum atomic E-state index is 14.5. The van der Waals surface area contributed by atoms with E-state index in [-0.39, 0.29) is 5.92 Å². The van der Waals surface area contributed by atoms with Gasteiger partial charge in [0.15, 0.2) is 0 Å². The molecule has 0 aromatic heterocycles. The molecule has 57 heavy (non-hydrogen) atoms. The lowest BCUT2D eigenvalue weighted by molar-refractivity contribution is -0.0898. The van der Waals surface area contributed by atoms with Crippen LogP contribution in [0.3, 0.4) is 0 Å². The molecule has 0 saturated heterocycles. The summed E-state index contributed by atoms with van der Waals surface area (Å²) in [5.74, 6) is -0.264. The Balaban J connectivity index is 1.20. The molecule has 13 rings (SSSR count). The summed E-state index contributed by atoms with van der Waals surface area (Å²) in [7, 11) is 0. The number of fused-ring (bicyclic) bond motifs is 6. The summed E-state index contributed by atoms with van der Waals surface area (Å²) >= 11 is 0. The highest BCUT2D eigenvalue weighted by Gasteiger charge is 2.45. The van der Waals surface area contributed by atoms with Gasteiger partial charge in [0.25, 0.3) is 0 Å². The normalized spacial score (nSPS) is 20.0. The Morgan fingerprint density at radius 1 is 0.509 bits per heavy atom. The second kappa shape index (κ2) is 10.8. The molecule has 2 unspecified atom stereocenters. The summed E-state index contributed by atoms with van der Waals surface area (Å²) in [6.07, 6.45) is 16.1. The molecule has 2 atom stereocenters. The van der Waals surface area contributed by atoms with Crippen LogP contribution in [-0.4, -0.2) is 6.18 Å². The predicted octanol–water partition coefficient (Wildman–Crippen LogP) is 12.4. The van der Waals surface area contributed by atoms with Crippen molar-refractivity contribution in [3.05, 3.63) is 212 Å². The molecule has 0 fully saturated rings. The molecule has 268 valence electrons. The van der Waals surface area contributed by atoms with E-state index in [0.29, 0.717) is 11.1 Å². The van der Waals surface area contributed by atoms with Crippen molar-refractivity contribution in [3.63, 3.8) is 0 Å². The van der Waals surface area contributed by atoms with Crippen LogP contribution in [0, 0.1) is 22.3 Å². The van der Waals surface area contributed by atoms with Crippen LogP contribution in [0.1, 0.15) is 18.1 Å². The molecule has 6 aromatic carbocycles. The molecule has 0 saturated carbocycles. The number of halogens is 3. The first-order valence-corrected chi connectivity index (χ1v) is 19.7. The summed E-state index contributed by atoms with van der Waals surface area (Å²) in [6, 6.07) is 35.4. The van der Waals surface area contributed by atoms with Crippen LogP contribution < -0.4 is 10.4 Å². The average Bonchev–Trinajstić information content (AvgIpc) is 3.74. The number of allylic oxidation sites excluding steroid dienone is 16. The van der Waals surface area contributed by atoms with Gasteiger partial charge in [0.05, 0.1) is 5.57 Å². The van der Waals surface area contributed by atoms with Gasteiger partial charge in [-0.15, -0.1) is 0 Å². The van der Waals surface area contributed by atoms with Crippen LogP contribution in [0.25, 0.3) is 77.2 Å². The standard InChI is InChI=1S/C54H31F3/c1-28-18-19-32-33-20-22-36-40-26-42-43(27-41(40)37-23-21-34(50(33)51(36)37)35-24-25-44(54(55,56)57)45(28)49(32)35)48(31-12-6-3-7-13-31)53-39-17-9-15-29-14-8-16-38(46(29)39)52(53)47(42)30-10-4-2-5-11-30/h2-27,46,49H,1H3. The molecule has 0 nitrogen and oxygen atoms in total. The van der Waals surface area contributed by atoms with Crippen LogP contribution >= 0.6 is 0 Å². The lowest BCUT2D eigenvalue weighted by Gasteiger charge is -2.37. The van der Waals surface area contributed by atoms with E-state index >= 15 is 0 Å². The molecular weight excluding hydrogens is 706 g/mol. The smallest absolute Gasteiger partial charge is 0.166 e. The van der Waals surface area contributed by atoms with Crippen LogP contribution in [0.15, 0.2) is 180 Å². The zero-order chi connectivity index (χ0) is 37.9. The summed E-state index contributed by atoms with van der Waals surface area (Å²) in [5, 5.41) is 9.45. The summed E-state index contributed by atoms with van der Waals surface area (Å²) in [6.45, 7) is 1.81. The van der Waals surface area contributed by atoms with Crippen molar-refractivity contribution >= 4 is 43.8 Å². The molecule has 0 amide bonds. The fourth-order valence-electron chi connectivity index (χ4n) is 11.3. The van der Waals surface area contributed by atoms with Crippen molar-refractivity contribution in [1.29, 1.82) is 0 Å². The monoisotopic (exact) mass is 736 g/mol. The number of alkyl halides is 3. The van der Waals surface area contributed by atoms with E-state index in [2.05, 4.69) is 140 Å². The van der Waals surface area contributed by atoms with E-state index in [9.17, 15) is 13.2 Å². The van der Waals surface area contributed by atoms with Gasteiger partial charge >= 0.3 is 6.18 Å². The number of rotatable bonds is 2. The number of hydrogen-bond acceptors (Lipinski definition) is 0. The Labute approximate surface area is 326 Å². The molecule has 0 bridgehead atoms. The highest BCUT2D eigenvalue weighted by Crippen LogP contribution is 2.55. The Morgan fingerprint density at radius 3 is 2.00 bits per heavy atom. The van der Waals surface area contributed by atoms with Gasteiger partial charge in [-0.2, -0.15) is 13.2 Å². The summed E-state index contributed by atoms with van der Waals surface area (Å²) < 4.78 is 43.5. The van der Waals surface area contributed by atoms with E-state index in [1.54, 1.807) is 6.08 Å². The maximum absolute atomic E-state index is 14.5. The van der Waals surface area contributed by atoms with E-state index in [1.165, 1.54) is 93.6 Å². The largest absolute Gasteiger partial charge is 0.416 e. The van der Waals surface area contributed by atoms with E-state index in [4.69, 9.17) is 0 Å². The van der Waals surface area contributed by atoms with Gasteiger partial charge in [-0.3, -0.25) is 0 Å². The molecular formula is C54H31F3. The average molecular weight is 737 g/mol. The maximum Gasteiger partial charge on any atom is 0.416 e. The summed E-state index contributed by atoms with van der Waals surface area (Å²) in [5.41, 5.74) is 16.0. The van der Waals surface area contributed by atoms with E-state index in [0.717, 1.165) is 27.3 Å². The lowest BCUT2D eigenvalue weighted by Crippen LogP contribution is -2.30. The quantitative estimate of drug-likeness (QED) is 0.166. The van der Waals surface area contributed by atoms with Crippen molar-refractivity contribution in [2.24, 2.45) is 11.8 Å². The zero-order valence-corrected chi connectivity index (χ0v) is 30.8. The van der Waals surface area contributed by atoms with Gasteiger partial charge in [-0.05, 0) is 151 Å². The fraction of sp³-hybridized carbons (Fsp3) is 0.0741. The Bertz CT molecular complexity index is 3470. The third-order valence-electron chi connectivity index (χ3n) is 13.5. The predicted molar refractivity (Wildman–Crippen MR) is 227 cm³/mol. The number of hydrogen-bond donors (Lipinski definition) is 0. The molecule has 0 spiro atoms. The van der Waals surface area contributed by atoms with Crippen LogP contribution in [0.2, 0.25) is 0 Å². The lowest BCUT2D eigenvalue weighted by atomic mass is 9.67. The zero-order valence-electron chi connectivity index (χ0n) is 30.8. The van der Waals surface area contributed by atoms with Crippen LogP contribution in [0.4, 0.5) is 13.2 Å². The van der Waals surface area contributed by atoms with Crippen molar-refractivity contribution in [3.8, 4) is 33.4 Å². The Hall–Kier alpha value is -6.71. The minimum Gasteiger partial charge on any atom is -0.166 e. The van der Waals surface area contributed by atoms with Crippen LogP contribution in [0.5, 0.6) is 0 Å². The Morgan fingerprint density at radius 2 is 1.21 bits per heavy atom. The van der Waals surface area contributed by atoms with Crippen molar-refractivity contribution in [2.45, 2.75) is 13.1 Å². The second-order valence-electron chi connectivity index (χ2n) is 16.2. The van der Waals surface area contributed by atoms with Gasteiger partial charge in [0, 0.05) is 11.8 Å². The van der Waals surface area contributed by atoms with Crippen molar-refractivity contribution in [2.75, 3.05) is 0 Å². The van der Waals surface area contributed by atoms with Crippen LogP contribution in [-0.2, 0) is 0 Å². The fourth-order valence-corrected chi connectivity index (χ4v) is 11.3. The summed E-state index contributed by atoms with van der Waals surface area (Å²) in [4.78, 5) is 0. The highest BCUT2D eigenvalue weighted by molar-refractivity contribution is 6.17. The van der Waals surface area contributed by atoms with Crippen molar-refractivity contribution in [1.82, 2.24) is 0 Å². The minimum atomic E-state index is -4.43. The van der Waals surface area contributed by atoms with E-state index in [1.807, 2.05) is 13.0 Å². The SMILES string of the molecule is CC1=C2C(C(F)(F)F)=CC=C3c4ccc5c6c(ccc(c46)=C(C=C1)C32)=c1cc2c(-c3ccccc3)c3c(c(-c4ccccc4)c2cc1-5)=C1C=CC=C2C=CC=C3C21. The second-order valence-corrected chi connectivity index (χ2v) is 16.2. The topological polar surface area (TPSA) is 0 Å². The molecule has 0 N–H and O–H groups in total. The number of benzene rings is 6. The first-order valence-electron chi connectivity index (χ1n) is 19.7. The van der Waals surface area contributed by atoms with Gasteiger partial charge in [0.1, 0.15) is 0 Å². The Kier molecular flexibility index (Phi) is 5.95. The first-order chi connectivity index (χ1) is 27.9. The third-order valence-corrected chi connectivity index (χ3v) is 13.5. The van der Waals surface area contributed by atoms with Gasteiger partial charge in [-0.1, -0.05) is 140 Å². The van der Waals surface area contributed by atoms with Gasteiger partial charge in [-0.25, -0.2) is 0 Å². The molecule has 7 aliphatic rings. The van der Waals surface area contributed by atoms with Gasteiger partial charge < -0.3 is 0 Å². The molecule has 0 heterocycles. The molecule has 0 radical (unpaired) electrons. The molecule has 6 aromatic rings.